The largest absolute Gasteiger partial charge is 0.478 e. The zero-order chi connectivity index (χ0) is 11.6. The van der Waals surface area contributed by atoms with Crippen LogP contribution in [0.15, 0.2) is 18.2 Å². The number of aliphatic hydroxyl groups excluding tert-OH is 1. The number of hydrogen-bond acceptors (Lipinski definition) is 2. The van der Waals surface area contributed by atoms with Gasteiger partial charge in [-0.25, -0.2) is 4.79 Å². The smallest absolute Gasteiger partial charge is 0.336 e. The molecule has 0 fully saturated rings. The third-order valence-corrected chi connectivity index (χ3v) is 2.38. The molecule has 82 valence electrons. The number of benzene rings is 1. The standard InChI is InChI=1S/C12H16O3/c1-12(2,3)9-5-4-8(7-13)10(6-9)11(14)15/h4-6,13H,7H2,1-3H3,(H,14,15). The second-order valence-electron chi connectivity index (χ2n) is 4.59. The highest BCUT2D eigenvalue weighted by molar-refractivity contribution is 5.89. The summed E-state index contributed by atoms with van der Waals surface area (Å²) in [6.07, 6.45) is 0. The molecular formula is C12H16O3. The molecule has 1 aromatic carbocycles. The fraction of sp³-hybridized carbons (Fsp3) is 0.417. The van der Waals surface area contributed by atoms with Crippen molar-refractivity contribution in [2.45, 2.75) is 32.8 Å². The number of hydrogen-bond donors (Lipinski definition) is 2. The Morgan fingerprint density at radius 2 is 1.93 bits per heavy atom. The number of carbonyl (C=O) groups is 1. The first-order valence-corrected chi connectivity index (χ1v) is 4.84. The zero-order valence-corrected chi connectivity index (χ0v) is 9.24. The van der Waals surface area contributed by atoms with Gasteiger partial charge in [0.05, 0.1) is 12.2 Å². The van der Waals surface area contributed by atoms with E-state index in [0.717, 1.165) is 5.56 Å². The SMILES string of the molecule is CC(C)(C)c1ccc(CO)c(C(=O)O)c1. The van der Waals surface area contributed by atoms with Crippen molar-refractivity contribution in [2.75, 3.05) is 0 Å². The Morgan fingerprint density at radius 3 is 2.33 bits per heavy atom. The van der Waals surface area contributed by atoms with Crippen LogP contribution in [0.5, 0.6) is 0 Å². The molecule has 3 heteroatoms. The lowest BCUT2D eigenvalue weighted by atomic mass is 9.85. The molecule has 3 nitrogen and oxygen atoms in total. The average Bonchev–Trinajstić information content (AvgIpc) is 2.15. The van der Waals surface area contributed by atoms with Gasteiger partial charge in [-0.1, -0.05) is 32.9 Å². The maximum absolute atomic E-state index is 10.9. The van der Waals surface area contributed by atoms with Crippen LogP contribution >= 0.6 is 0 Å². The second kappa shape index (κ2) is 4.03. The van der Waals surface area contributed by atoms with Crippen LogP contribution in [0.4, 0.5) is 0 Å². The molecule has 0 aliphatic heterocycles. The van der Waals surface area contributed by atoms with Crippen LogP contribution < -0.4 is 0 Å². The predicted molar refractivity (Wildman–Crippen MR) is 58.0 cm³/mol. The summed E-state index contributed by atoms with van der Waals surface area (Å²) in [6.45, 7) is 5.82. The molecule has 0 radical (unpaired) electrons. The van der Waals surface area contributed by atoms with E-state index in [4.69, 9.17) is 10.2 Å². The predicted octanol–water partition coefficient (Wildman–Crippen LogP) is 2.17. The molecule has 0 amide bonds. The number of carboxylic acids is 1. The first-order valence-electron chi connectivity index (χ1n) is 4.84. The molecular weight excluding hydrogens is 192 g/mol. The molecule has 0 aliphatic rings. The van der Waals surface area contributed by atoms with Crippen molar-refractivity contribution < 1.29 is 15.0 Å². The lowest BCUT2D eigenvalue weighted by molar-refractivity contribution is 0.0693. The molecule has 1 rings (SSSR count). The van der Waals surface area contributed by atoms with E-state index in [9.17, 15) is 4.79 Å². The molecule has 0 spiro atoms. The fourth-order valence-electron chi connectivity index (χ4n) is 1.38. The molecule has 1 aromatic rings. The third-order valence-electron chi connectivity index (χ3n) is 2.38. The summed E-state index contributed by atoms with van der Waals surface area (Å²) >= 11 is 0. The van der Waals surface area contributed by atoms with E-state index in [1.54, 1.807) is 12.1 Å². The minimum Gasteiger partial charge on any atom is -0.478 e. The third kappa shape index (κ3) is 2.57. The first-order chi connectivity index (χ1) is 6.86. The van der Waals surface area contributed by atoms with Crippen LogP contribution in [-0.2, 0) is 12.0 Å². The first kappa shape index (κ1) is 11.7. The van der Waals surface area contributed by atoms with Gasteiger partial charge >= 0.3 is 5.97 Å². The van der Waals surface area contributed by atoms with Crippen LogP contribution in [-0.4, -0.2) is 16.2 Å². The van der Waals surface area contributed by atoms with Gasteiger partial charge in [0, 0.05) is 0 Å². The fourth-order valence-corrected chi connectivity index (χ4v) is 1.38. The van der Waals surface area contributed by atoms with Gasteiger partial charge < -0.3 is 10.2 Å². The summed E-state index contributed by atoms with van der Waals surface area (Å²) in [5, 5.41) is 18.0. The number of aromatic carboxylic acids is 1. The van der Waals surface area contributed by atoms with Crippen LogP contribution in [0, 0.1) is 0 Å². The van der Waals surface area contributed by atoms with Gasteiger partial charge in [-0.15, -0.1) is 0 Å². The Balaban J connectivity index is 3.28. The van der Waals surface area contributed by atoms with Gasteiger partial charge in [0.15, 0.2) is 0 Å². The molecule has 0 saturated carbocycles. The Kier molecular flexibility index (Phi) is 3.15. The second-order valence-corrected chi connectivity index (χ2v) is 4.59. The molecule has 0 atom stereocenters. The summed E-state index contributed by atoms with van der Waals surface area (Å²) in [6, 6.07) is 5.16. The van der Waals surface area contributed by atoms with Crippen molar-refractivity contribution in [1.82, 2.24) is 0 Å². The maximum atomic E-state index is 10.9. The van der Waals surface area contributed by atoms with Gasteiger partial charge in [0.1, 0.15) is 0 Å². The van der Waals surface area contributed by atoms with Crippen molar-refractivity contribution in [3.8, 4) is 0 Å². The molecule has 0 heterocycles. The van der Waals surface area contributed by atoms with E-state index >= 15 is 0 Å². The van der Waals surface area contributed by atoms with E-state index in [-0.39, 0.29) is 17.6 Å². The van der Waals surface area contributed by atoms with Crippen molar-refractivity contribution in [3.63, 3.8) is 0 Å². The Hall–Kier alpha value is -1.35. The van der Waals surface area contributed by atoms with Crippen LogP contribution in [0.3, 0.4) is 0 Å². The zero-order valence-electron chi connectivity index (χ0n) is 9.24. The average molecular weight is 208 g/mol. The van der Waals surface area contributed by atoms with Crippen molar-refractivity contribution >= 4 is 5.97 Å². The van der Waals surface area contributed by atoms with Gasteiger partial charge in [0.25, 0.3) is 0 Å². The minimum atomic E-state index is -0.995. The highest BCUT2D eigenvalue weighted by Gasteiger charge is 2.17. The molecule has 2 N–H and O–H groups in total. The maximum Gasteiger partial charge on any atom is 0.336 e. The summed E-state index contributed by atoms with van der Waals surface area (Å²) in [7, 11) is 0. The lowest BCUT2D eigenvalue weighted by Gasteiger charge is -2.20. The summed E-state index contributed by atoms with van der Waals surface area (Å²) in [4.78, 5) is 10.9. The van der Waals surface area contributed by atoms with E-state index in [0.29, 0.717) is 5.56 Å². The molecule has 0 aliphatic carbocycles. The van der Waals surface area contributed by atoms with Crippen molar-refractivity contribution in [1.29, 1.82) is 0 Å². The molecule has 0 bridgehead atoms. The van der Waals surface area contributed by atoms with Crippen molar-refractivity contribution in [2.24, 2.45) is 0 Å². The summed E-state index contributed by atoms with van der Waals surface area (Å²) in [5.74, 6) is -0.995. The Bertz CT molecular complexity index is 375. The molecule has 0 saturated heterocycles. The van der Waals surface area contributed by atoms with Gasteiger partial charge in [-0.3, -0.25) is 0 Å². The molecule has 15 heavy (non-hydrogen) atoms. The Labute approximate surface area is 89.4 Å². The van der Waals surface area contributed by atoms with E-state index in [2.05, 4.69) is 0 Å². The lowest BCUT2D eigenvalue weighted by Crippen LogP contribution is -2.13. The number of aliphatic hydroxyl groups is 1. The molecule has 0 unspecified atom stereocenters. The quantitative estimate of drug-likeness (QED) is 0.783. The van der Waals surface area contributed by atoms with Gasteiger partial charge in [0.2, 0.25) is 0 Å². The monoisotopic (exact) mass is 208 g/mol. The van der Waals surface area contributed by atoms with Gasteiger partial charge in [-0.2, -0.15) is 0 Å². The van der Waals surface area contributed by atoms with Crippen LogP contribution in [0.1, 0.15) is 42.3 Å². The highest BCUT2D eigenvalue weighted by atomic mass is 16.4. The minimum absolute atomic E-state index is 0.0851. The van der Waals surface area contributed by atoms with Crippen LogP contribution in [0.25, 0.3) is 0 Å². The summed E-state index contributed by atoms with van der Waals surface area (Å²) < 4.78 is 0. The van der Waals surface area contributed by atoms with E-state index in [1.165, 1.54) is 0 Å². The Morgan fingerprint density at radius 1 is 1.33 bits per heavy atom. The molecule has 0 aromatic heterocycles. The van der Waals surface area contributed by atoms with E-state index < -0.39 is 5.97 Å². The van der Waals surface area contributed by atoms with Crippen molar-refractivity contribution in [3.05, 3.63) is 34.9 Å². The topological polar surface area (TPSA) is 57.5 Å². The summed E-state index contributed by atoms with van der Waals surface area (Å²) in [5.41, 5.74) is 1.51. The van der Waals surface area contributed by atoms with Gasteiger partial charge in [-0.05, 0) is 22.6 Å². The van der Waals surface area contributed by atoms with Crippen LogP contribution in [0.2, 0.25) is 0 Å². The number of rotatable bonds is 2. The number of carboxylic acid groups (broad SMARTS) is 1. The normalized spacial score (nSPS) is 11.5. The highest BCUT2D eigenvalue weighted by Crippen LogP contribution is 2.24. The van der Waals surface area contributed by atoms with E-state index in [1.807, 2.05) is 26.8 Å².